The van der Waals surface area contributed by atoms with Gasteiger partial charge in [-0.25, -0.2) is 9.59 Å². The molecular formula is C10H9BrO4. The molecular weight excluding hydrogens is 264 g/mol. The van der Waals surface area contributed by atoms with Crippen molar-refractivity contribution in [2.75, 3.05) is 0 Å². The van der Waals surface area contributed by atoms with E-state index in [9.17, 15) is 9.59 Å². The highest BCUT2D eigenvalue weighted by atomic mass is 79.9. The molecule has 0 aromatic heterocycles. The third kappa shape index (κ3) is 2.36. The van der Waals surface area contributed by atoms with Gasteiger partial charge in [0.15, 0.2) is 0 Å². The molecule has 0 fully saturated rings. The summed E-state index contributed by atoms with van der Waals surface area (Å²) >= 11 is 3.09. The van der Waals surface area contributed by atoms with E-state index in [2.05, 4.69) is 15.9 Å². The second kappa shape index (κ2) is 4.44. The first-order chi connectivity index (χ1) is 6.97. The molecule has 0 spiro atoms. The van der Waals surface area contributed by atoms with Crippen molar-refractivity contribution in [1.29, 1.82) is 0 Å². The standard InChI is InChI=1S/C10H9BrO4/c1-5-2-6(9(12)13)8(4-11)7(3-5)10(14)15/h2-3H,4H2,1H3,(H,12,13)(H,14,15). The first kappa shape index (κ1) is 11.7. The van der Waals surface area contributed by atoms with Crippen LogP contribution >= 0.6 is 15.9 Å². The van der Waals surface area contributed by atoms with E-state index in [4.69, 9.17) is 10.2 Å². The van der Waals surface area contributed by atoms with Crippen molar-refractivity contribution in [3.8, 4) is 0 Å². The van der Waals surface area contributed by atoms with E-state index in [1.54, 1.807) is 6.92 Å². The third-order valence-corrected chi connectivity index (χ3v) is 2.55. The average molecular weight is 273 g/mol. The van der Waals surface area contributed by atoms with Gasteiger partial charge in [0.2, 0.25) is 0 Å². The van der Waals surface area contributed by atoms with Crippen molar-refractivity contribution in [3.05, 3.63) is 34.4 Å². The van der Waals surface area contributed by atoms with Gasteiger partial charge in [-0.1, -0.05) is 15.9 Å². The molecule has 80 valence electrons. The van der Waals surface area contributed by atoms with E-state index in [-0.39, 0.29) is 16.5 Å². The van der Waals surface area contributed by atoms with Crippen molar-refractivity contribution in [3.63, 3.8) is 0 Å². The molecule has 5 heteroatoms. The van der Waals surface area contributed by atoms with Crippen LogP contribution in [-0.4, -0.2) is 22.2 Å². The Morgan fingerprint density at radius 2 is 1.60 bits per heavy atom. The van der Waals surface area contributed by atoms with Crippen LogP contribution in [0, 0.1) is 6.92 Å². The Kier molecular flexibility index (Phi) is 3.47. The molecule has 0 aliphatic carbocycles. The van der Waals surface area contributed by atoms with Crippen LogP contribution in [0.4, 0.5) is 0 Å². The fourth-order valence-electron chi connectivity index (χ4n) is 1.34. The first-order valence-electron chi connectivity index (χ1n) is 4.13. The van der Waals surface area contributed by atoms with E-state index in [0.29, 0.717) is 11.1 Å². The first-order valence-corrected chi connectivity index (χ1v) is 5.25. The van der Waals surface area contributed by atoms with Crippen LogP contribution in [0.3, 0.4) is 0 Å². The number of alkyl halides is 1. The molecule has 0 heterocycles. The van der Waals surface area contributed by atoms with Crippen molar-refractivity contribution in [2.45, 2.75) is 12.3 Å². The Balaban J connectivity index is 3.52. The maximum atomic E-state index is 10.9. The summed E-state index contributed by atoms with van der Waals surface area (Å²) in [5.74, 6) is -2.23. The van der Waals surface area contributed by atoms with Crippen molar-refractivity contribution in [2.24, 2.45) is 0 Å². The van der Waals surface area contributed by atoms with Gasteiger partial charge in [-0.15, -0.1) is 0 Å². The monoisotopic (exact) mass is 272 g/mol. The minimum Gasteiger partial charge on any atom is -0.478 e. The van der Waals surface area contributed by atoms with Gasteiger partial charge >= 0.3 is 11.9 Å². The molecule has 0 aliphatic heterocycles. The molecule has 2 N–H and O–H groups in total. The number of benzene rings is 1. The number of aryl methyl sites for hydroxylation is 1. The van der Waals surface area contributed by atoms with Gasteiger partial charge in [-0.2, -0.15) is 0 Å². The van der Waals surface area contributed by atoms with Crippen molar-refractivity contribution >= 4 is 27.9 Å². The topological polar surface area (TPSA) is 74.6 Å². The smallest absolute Gasteiger partial charge is 0.336 e. The van der Waals surface area contributed by atoms with Crippen molar-refractivity contribution in [1.82, 2.24) is 0 Å². The fourth-order valence-corrected chi connectivity index (χ4v) is 1.95. The molecule has 0 saturated carbocycles. The van der Waals surface area contributed by atoms with E-state index in [1.165, 1.54) is 12.1 Å². The molecule has 1 aromatic carbocycles. The number of carboxylic acid groups (broad SMARTS) is 2. The number of hydrogen-bond donors (Lipinski definition) is 2. The van der Waals surface area contributed by atoms with Gasteiger partial charge in [0.05, 0.1) is 11.1 Å². The molecule has 0 amide bonds. The van der Waals surface area contributed by atoms with Crippen molar-refractivity contribution < 1.29 is 19.8 Å². The SMILES string of the molecule is Cc1cc(C(=O)O)c(CBr)c(C(=O)O)c1. The Bertz CT molecular complexity index is 390. The van der Waals surface area contributed by atoms with Crippen LogP contribution in [-0.2, 0) is 5.33 Å². The summed E-state index contributed by atoms with van der Waals surface area (Å²) in [7, 11) is 0. The lowest BCUT2D eigenvalue weighted by Crippen LogP contribution is -2.09. The predicted molar refractivity (Wildman–Crippen MR) is 57.7 cm³/mol. The summed E-state index contributed by atoms with van der Waals surface area (Å²) < 4.78 is 0. The zero-order chi connectivity index (χ0) is 11.6. The molecule has 0 bridgehead atoms. The molecule has 4 nitrogen and oxygen atoms in total. The Morgan fingerprint density at radius 3 is 1.87 bits per heavy atom. The van der Waals surface area contributed by atoms with Crippen LogP contribution in [0.5, 0.6) is 0 Å². The maximum absolute atomic E-state index is 10.9. The molecule has 0 saturated heterocycles. The maximum Gasteiger partial charge on any atom is 0.336 e. The lowest BCUT2D eigenvalue weighted by Gasteiger charge is -2.08. The number of carboxylic acids is 2. The van der Waals surface area contributed by atoms with Gasteiger partial charge in [0.1, 0.15) is 0 Å². The molecule has 1 rings (SSSR count). The number of aromatic carboxylic acids is 2. The number of halogens is 1. The van der Waals surface area contributed by atoms with E-state index < -0.39 is 11.9 Å². The summed E-state index contributed by atoms with van der Waals surface area (Å²) in [5.41, 5.74) is 0.976. The van der Waals surface area contributed by atoms with Crippen LogP contribution in [0.25, 0.3) is 0 Å². The molecule has 1 aromatic rings. The van der Waals surface area contributed by atoms with Crippen LogP contribution in [0.2, 0.25) is 0 Å². The largest absolute Gasteiger partial charge is 0.478 e. The highest BCUT2D eigenvalue weighted by molar-refractivity contribution is 9.08. The molecule has 15 heavy (non-hydrogen) atoms. The van der Waals surface area contributed by atoms with E-state index in [1.807, 2.05) is 0 Å². The minimum absolute atomic E-state index is 0.0317. The summed E-state index contributed by atoms with van der Waals surface area (Å²) in [6, 6.07) is 2.93. The second-order valence-electron chi connectivity index (χ2n) is 3.08. The van der Waals surface area contributed by atoms with Crippen LogP contribution in [0.1, 0.15) is 31.8 Å². The summed E-state index contributed by atoms with van der Waals surface area (Å²) in [6.07, 6.45) is 0. The fraction of sp³-hybridized carbons (Fsp3) is 0.200. The second-order valence-corrected chi connectivity index (χ2v) is 3.64. The van der Waals surface area contributed by atoms with E-state index in [0.717, 1.165) is 0 Å². The summed E-state index contributed by atoms with van der Waals surface area (Å²) in [6.45, 7) is 1.66. The van der Waals surface area contributed by atoms with Gasteiger partial charge in [0, 0.05) is 5.33 Å². The highest BCUT2D eigenvalue weighted by Crippen LogP contribution is 2.20. The molecule has 0 aliphatic rings. The van der Waals surface area contributed by atoms with E-state index >= 15 is 0 Å². The average Bonchev–Trinajstić information content (AvgIpc) is 2.16. The normalized spacial score (nSPS) is 10.0. The van der Waals surface area contributed by atoms with Gasteiger partial charge in [-0.05, 0) is 30.2 Å². The minimum atomic E-state index is -1.12. The lowest BCUT2D eigenvalue weighted by molar-refractivity contribution is 0.0696. The number of hydrogen-bond acceptors (Lipinski definition) is 2. The number of carbonyl (C=O) groups is 2. The Hall–Kier alpha value is -1.36. The Labute approximate surface area is 94.7 Å². The summed E-state index contributed by atoms with van der Waals surface area (Å²) in [5, 5.41) is 18.0. The predicted octanol–water partition coefficient (Wildman–Crippen LogP) is 2.29. The zero-order valence-corrected chi connectivity index (χ0v) is 9.54. The third-order valence-electron chi connectivity index (χ3n) is 1.99. The molecule has 0 atom stereocenters. The lowest BCUT2D eigenvalue weighted by atomic mass is 9.99. The number of rotatable bonds is 3. The quantitative estimate of drug-likeness (QED) is 0.828. The van der Waals surface area contributed by atoms with Gasteiger partial charge in [-0.3, -0.25) is 0 Å². The molecule has 0 unspecified atom stereocenters. The van der Waals surface area contributed by atoms with Crippen LogP contribution < -0.4 is 0 Å². The highest BCUT2D eigenvalue weighted by Gasteiger charge is 2.18. The summed E-state index contributed by atoms with van der Waals surface area (Å²) in [4.78, 5) is 21.8. The van der Waals surface area contributed by atoms with Crippen LogP contribution in [0.15, 0.2) is 12.1 Å². The van der Waals surface area contributed by atoms with Gasteiger partial charge in [0.25, 0.3) is 0 Å². The zero-order valence-electron chi connectivity index (χ0n) is 7.95. The Morgan fingerprint density at radius 1 is 1.20 bits per heavy atom. The molecule has 0 radical (unpaired) electrons. The van der Waals surface area contributed by atoms with Gasteiger partial charge < -0.3 is 10.2 Å².